The molecule has 1 fully saturated rings. The molecule has 4 aromatic rings. The van der Waals surface area contributed by atoms with E-state index in [1.165, 1.54) is 21.2 Å². The van der Waals surface area contributed by atoms with E-state index in [1.807, 2.05) is 71.0 Å². The van der Waals surface area contributed by atoms with Crippen molar-refractivity contribution >= 4 is 46.7 Å². The smallest absolute Gasteiger partial charge is 0.337 e. The van der Waals surface area contributed by atoms with Crippen LogP contribution in [0.1, 0.15) is 72.4 Å². The molecular weight excluding hydrogens is 933 g/mol. The average molecular weight is 999 g/mol. The molecule has 0 unspecified atom stereocenters. The third-order valence-electron chi connectivity index (χ3n) is 12.0. The number of nitrogens with one attached hydrogen (secondary N) is 4. The molecule has 1 aromatic heterocycles. The molecule has 0 saturated carbocycles. The number of carbonyl (C=O) groups excluding carboxylic acids is 5. The lowest BCUT2D eigenvalue weighted by atomic mass is 9.85. The average Bonchev–Trinajstić information content (AvgIpc) is 3.97. The van der Waals surface area contributed by atoms with Crippen molar-refractivity contribution < 1.29 is 52.8 Å². The van der Waals surface area contributed by atoms with Gasteiger partial charge in [0.2, 0.25) is 11.8 Å². The molecule has 20 heteroatoms. The first-order valence-corrected chi connectivity index (χ1v) is 24.4. The van der Waals surface area contributed by atoms with E-state index in [-0.39, 0.29) is 83.7 Å². The number of hydrogen-bond acceptors (Lipinski definition) is 15. The quantitative estimate of drug-likeness (QED) is 0.0743. The number of benzene rings is 3. The minimum atomic E-state index is -1.07. The number of imide groups is 1. The summed E-state index contributed by atoms with van der Waals surface area (Å²) in [5.74, 6) is -0.773. The molecule has 0 aliphatic carbocycles. The van der Waals surface area contributed by atoms with Gasteiger partial charge in [-0.25, -0.2) is 14.8 Å². The Labute approximate surface area is 418 Å². The summed E-state index contributed by atoms with van der Waals surface area (Å²) in [4.78, 5) is 73.7. The molecule has 2 aliphatic heterocycles. The number of methoxy groups -OCH3 is 2. The van der Waals surface area contributed by atoms with E-state index >= 15 is 0 Å². The number of aliphatic hydroxyl groups excluding tert-OH is 1. The van der Waals surface area contributed by atoms with Crippen molar-refractivity contribution in [3.8, 4) is 21.9 Å². The predicted molar refractivity (Wildman–Crippen MR) is 268 cm³/mol. The van der Waals surface area contributed by atoms with Crippen LogP contribution >= 0.6 is 11.3 Å². The lowest BCUT2D eigenvalue weighted by Gasteiger charge is -2.35. The third kappa shape index (κ3) is 14.2. The summed E-state index contributed by atoms with van der Waals surface area (Å²) in [6.07, 6.45) is -0.0200. The first-order valence-electron chi connectivity index (χ1n) is 23.5. The second kappa shape index (κ2) is 25.2. The first-order chi connectivity index (χ1) is 34.0. The van der Waals surface area contributed by atoms with E-state index < -0.39 is 41.3 Å². The number of hydrazone groups is 1. The van der Waals surface area contributed by atoms with Gasteiger partial charge in [-0.05, 0) is 73.1 Å². The zero-order valence-corrected chi connectivity index (χ0v) is 42.5. The van der Waals surface area contributed by atoms with Crippen molar-refractivity contribution in [3.05, 3.63) is 99.7 Å². The fourth-order valence-electron chi connectivity index (χ4n) is 8.16. The Kier molecular flexibility index (Phi) is 19.2. The summed E-state index contributed by atoms with van der Waals surface area (Å²) in [5, 5.41) is 27.7. The summed E-state index contributed by atoms with van der Waals surface area (Å²) in [5.41, 5.74) is 7.01. The molecule has 6 rings (SSSR count). The lowest BCUT2D eigenvalue weighted by molar-refractivity contribution is -0.151. The molecule has 382 valence electrons. The number of nitrogens with zero attached hydrogens (tertiary/aromatic N) is 4. The van der Waals surface area contributed by atoms with Crippen molar-refractivity contribution in [3.63, 3.8) is 0 Å². The van der Waals surface area contributed by atoms with Gasteiger partial charge in [-0.15, -0.1) is 11.3 Å². The zero-order valence-electron chi connectivity index (χ0n) is 41.7. The lowest BCUT2D eigenvalue weighted by Crippen LogP contribution is -2.58. The van der Waals surface area contributed by atoms with Crippen LogP contribution in [0.2, 0.25) is 0 Å². The Morgan fingerprint density at radius 3 is 2.17 bits per heavy atom. The van der Waals surface area contributed by atoms with Crippen LogP contribution in [-0.4, -0.2) is 154 Å². The monoisotopic (exact) mass is 998 g/mol. The Bertz CT molecular complexity index is 2510. The fraction of sp³-hybridized carbons (Fsp3) is 0.471. The van der Waals surface area contributed by atoms with Crippen LogP contribution in [0.3, 0.4) is 0 Å². The molecule has 0 spiro atoms. The molecule has 4 atom stereocenters. The van der Waals surface area contributed by atoms with Gasteiger partial charge < -0.3 is 50.1 Å². The van der Waals surface area contributed by atoms with Gasteiger partial charge in [0.25, 0.3) is 11.8 Å². The van der Waals surface area contributed by atoms with Gasteiger partial charge in [0.1, 0.15) is 12.6 Å². The number of carbonyl (C=O) groups is 5. The molecule has 3 heterocycles. The summed E-state index contributed by atoms with van der Waals surface area (Å²) < 4.78 is 27.9. The number of aryl methyl sites for hydroxylation is 1. The number of fused-ring (bicyclic) bond motifs is 1. The van der Waals surface area contributed by atoms with Crippen LogP contribution in [0, 0.1) is 12.3 Å². The minimum absolute atomic E-state index is 0.0261. The summed E-state index contributed by atoms with van der Waals surface area (Å²) in [7, 11) is 4.68. The molecule has 71 heavy (non-hydrogen) atoms. The second-order valence-corrected chi connectivity index (χ2v) is 19.2. The van der Waals surface area contributed by atoms with Crippen LogP contribution in [0.5, 0.6) is 11.5 Å². The highest BCUT2D eigenvalue weighted by atomic mass is 32.1. The minimum Gasteiger partial charge on any atom is -0.493 e. The Morgan fingerprint density at radius 1 is 0.915 bits per heavy atom. The maximum atomic E-state index is 14.3. The number of aromatic nitrogens is 1. The number of rotatable bonds is 21. The molecule has 1 saturated heterocycles. The number of urea groups is 1. The number of aliphatic hydroxyl groups is 1. The van der Waals surface area contributed by atoms with Crippen molar-refractivity contribution in [2.75, 3.05) is 74.0 Å². The molecule has 3 aromatic carbocycles. The van der Waals surface area contributed by atoms with Crippen LogP contribution in [0.25, 0.3) is 10.4 Å². The summed E-state index contributed by atoms with van der Waals surface area (Å²) >= 11 is 1.53. The van der Waals surface area contributed by atoms with Gasteiger partial charge in [0.05, 0.1) is 93.8 Å². The first kappa shape index (κ1) is 54.1. The van der Waals surface area contributed by atoms with Crippen molar-refractivity contribution in [2.24, 2.45) is 10.5 Å². The number of ether oxygens (including phenoxy) is 5. The summed E-state index contributed by atoms with van der Waals surface area (Å²) in [6.45, 7) is 10.4. The van der Waals surface area contributed by atoms with E-state index in [2.05, 4.69) is 26.3 Å². The van der Waals surface area contributed by atoms with E-state index in [9.17, 15) is 29.1 Å². The number of thiazole rings is 1. The Balaban J connectivity index is 0.919. The zero-order chi connectivity index (χ0) is 51.2. The van der Waals surface area contributed by atoms with Gasteiger partial charge in [-0.2, -0.15) is 5.10 Å². The number of amides is 6. The molecule has 6 amide bonds. The fourth-order valence-corrected chi connectivity index (χ4v) is 8.97. The van der Waals surface area contributed by atoms with Gasteiger partial charge >= 0.3 is 6.03 Å². The predicted octanol–water partition coefficient (Wildman–Crippen LogP) is 4.06. The van der Waals surface area contributed by atoms with Gasteiger partial charge in [-0.1, -0.05) is 57.2 Å². The van der Waals surface area contributed by atoms with Crippen LogP contribution < -0.4 is 30.7 Å². The van der Waals surface area contributed by atoms with Crippen LogP contribution in [-0.2, 0) is 41.6 Å². The highest BCUT2D eigenvalue weighted by molar-refractivity contribution is 7.13. The van der Waals surface area contributed by atoms with Crippen LogP contribution in [0.15, 0.2) is 71.3 Å². The van der Waals surface area contributed by atoms with Gasteiger partial charge in [-0.3, -0.25) is 24.1 Å². The number of hydrogen-bond donors (Lipinski definition) is 5. The normalized spacial score (nSPS) is 17.1. The van der Waals surface area contributed by atoms with Crippen molar-refractivity contribution in [1.29, 1.82) is 0 Å². The molecular formula is C51H66N8O11S. The molecule has 0 bridgehead atoms. The van der Waals surface area contributed by atoms with E-state index in [0.717, 1.165) is 32.8 Å². The highest BCUT2D eigenvalue weighted by Crippen LogP contribution is 2.35. The summed E-state index contributed by atoms with van der Waals surface area (Å²) in [6, 6.07) is 15.9. The number of β-amino-alcohol motifs (C(OH)–C–C–N with tert-alkyl or cyclic N) is 1. The topological polar surface area (TPSA) is 232 Å². The van der Waals surface area contributed by atoms with Gasteiger partial charge in [0, 0.05) is 36.8 Å². The van der Waals surface area contributed by atoms with Crippen molar-refractivity contribution in [2.45, 2.75) is 78.2 Å². The third-order valence-corrected chi connectivity index (χ3v) is 13.0. The Hall–Kier alpha value is -6.29. The highest BCUT2D eigenvalue weighted by Gasteiger charge is 2.41. The largest absolute Gasteiger partial charge is 0.493 e. The maximum Gasteiger partial charge on any atom is 0.337 e. The maximum absolute atomic E-state index is 14.3. The SMILES string of the molecule is CNC(=O)N1N=C(c2ccc(C(=O)NCCOCCOCCOCC(=O)N[C@H](C(=O)N(Cc3ccc(-c4scnc4C)cc3)C(=O)[C@@H]3C[C@@H](O)CN3)C(C)(C)C)cc2)c2cc(OC)c(OC)cc2C[C@@H]1C. The molecule has 19 nitrogen and oxygen atoms in total. The van der Waals surface area contributed by atoms with Crippen molar-refractivity contribution in [1.82, 2.24) is 36.2 Å². The Morgan fingerprint density at radius 2 is 1.56 bits per heavy atom. The molecule has 5 N–H and O–H groups in total. The van der Waals surface area contributed by atoms with E-state index in [0.29, 0.717) is 34.8 Å². The van der Waals surface area contributed by atoms with E-state index in [4.69, 9.17) is 28.8 Å². The second-order valence-electron chi connectivity index (χ2n) is 18.3. The standard InChI is InChI=1S/C51H66N8O11S/c1-31-23-37-24-41(66-7)42(67-8)26-39(37)44(57-59(31)50(65)52-6)34-13-15-36(16-14-34)47(62)53-17-18-68-19-20-69-21-22-70-29-43(61)56-46(51(3,4)5)49(64)58(48(63)40-25-38(60)27-54-40)28-33-9-11-35(12-10-33)45-32(2)55-30-71-45/h9-16,24,26,30-31,38,40,46,54,60H,17-23,25,27-29H2,1-8H3,(H,52,65)(H,53,62)(H,56,61)/t31-,38+,40-,46+/m0/s1. The molecule has 2 aliphatic rings. The van der Waals surface area contributed by atoms with E-state index in [1.54, 1.807) is 51.0 Å². The molecule has 0 radical (unpaired) electrons. The van der Waals surface area contributed by atoms with Gasteiger partial charge in [0.15, 0.2) is 11.5 Å². The van der Waals surface area contributed by atoms with Crippen LogP contribution in [0.4, 0.5) is 4.79 Å².